The quantitative estimate of drug-likeness (QED) is 0.480. The van der Waals surface area contributed by atoms with Crippen molar-refractivity contribution in [3.05, 3.63) is 63.4 Å². The van der Waals surface area contributed by atoms with Crippen molar-refractivity contribution in [1.29, 1.82) is 0 Å². The number of benzene rings is 1. The lowest BCUT2D eigenvalue weighted by Crippen LogP contribution is -2.32. The first-order valence-electron chi connectivity index (χ1n) is 9.69. The highest BCUT2D eigenvalue weighted by Gasteiger charge is 2.36. The van der Waals surface area contributed by atoms with Crippen molar-refractivity contribution in [2.45, 2.75) is 33.2 Å². The maximum absolute atomic E-state index is 12.5. The minimum atomic E-state index is -1.22. The van der Waals surface area contributed by atoms with Crippen molar-refractivity contribution in [3.8, 4) is 22.0 Å². The van der Waals surface area contributed by atoms with Crippen molar-refractivity contribution in [3.63, 3.8) is 0 Å². The number of thiazole rings is 1. The largest absolute Gasteiger partial charge is 0.477 e. The molecule has 3 aromatic heterocycles. The Kier molecular flexibility index (Phi) is 4.02. The molecular weight excluding hydrogens is 400 g/mol. The number of aromatic nitrogens is 2. The van der Waals surface area contributed by atoms with E-state index in [-0.39, 0.29) is 17.0 Å². The fraction of sp³-hybridized carbons (Fsp3) is 0.261. The molecule has 30 heavy (non-hydrogen) atoms. The zero-order chi connectivity index (χ0) is 21.2. The van der Waals surface area contributed by atoms with Crippen LogP contribution >= 0.6 is 11.3 Å². The van der Waals surface area contributed by atoms with Gasteiger partial charge in [-0.05, 0) is 17.9 Å². The minimum absolute atomic E-state index is 0.0156. The Morgan fingerprint density at radius 3 is 2.77 bits per heavy atom. The SMILES string of the molecule is CC(C)(C)[C@@H]1Cc2c(oc3cc(-c4nccs4)ccc23)-c2cc(=O)c(C(=O)O)cn21. The number of hydrogen-bond acceptors (Lipinski definition) is 5. The summed E-state index contributed by atoms with van der Waals surface area (Å²) in [5.41, 5.74) is 2.51. The molecule has 0 spiro atoms. The van der Waals surface area contributed by atoms with Crippen LogP contribution in [0.1, 0.15) is 42.7 Å². The fourth-order valence-corrected chi connectivity index (χ4v) is 4.86. The zero-order valence-corrected chi connectivity index (χ0v) is 17.6. The first kappa shape index (κ1) is 18.8. The van der Waals surface area contributed by atoms with Crippen molar-refractivity contribution in [2.75, 3.05) is 0 Å². The number of hydrogen-bond donors (Lipinski definition) is 1. The van der Waals surface area contributed by atoms with Crippen LogP contribution in [0.4, 0.5) is 0 Å². The number of carboxylic acid groups (broad SMARTS) is 1. The number of nitrogens with zero attached hydrogens (tertiary/aromatic N) is 2. The van der Waals surface area contributed by atoms with Gasteiger partial charge in [0.25, 0.3) is 0 Å². The lowest BCUT2D eigenvalue weighted by Gasteiger charge is -2.37. The van der Waals surface area contributed by atoms with Gasteiger partial charge < -0.3 is 14.1 Å². The molecule has 0 saturated carbocycles. The molecule has 0 bridgehead atoms. The van der Waals surface area contributed by atoms with E-state index >= 15 is 0 Å². The van der Waals surface area contributed by atoms with Gasteiger partial charge in [-0.25, -0.2) is 9.78 Å². The van der Waals surface area contributed by atoms with Crippen molar-refractivity contribution < 1.29 is 14.3 Å². The average molecular weight is 420 g/mol. The van der Waals surface area contributed by atoms with Gasteiger partial charge in [-0.3, -0.25) is 4.79 Å². The molecule has 1 aliphatic heterocycles. The number of furan rings is 1. The number of rotatable bonds is 2. The summed E-state index contributed by atoms with van der Waals surface area (Å²) in [7, 11) is 0. The molecule has 0 radical (unpaired) electrons. The van der Waals surface area contributed by atoms with E-state index in [9.17, 15) is 14.7 Å². The van der Waals surface area contributed by atoms with E-state index in [1.165, 1.54) is 12.3 Å². The summed E-state index contributed by atoms with van der Waals surface area (Å²) in [6, 6.07) is 7.45. The molecular formula is C23H20N2O4S. The van der Waals surface area contributed by atoms with Crippen molar-refractivity contribution >= 4 is 28.3 Å². The van der Waals surface area contributed by atoms with Crippen LogP contribution in [0.25, 0.3) is 33.0 Å². The first-order chi connectivity index (χ1) is 14.2. The predicted octanol–water partition coefficient (Wildman–Crippen LogP) is 5.23. The van der Waals surface area contributed by atoms with E-state index in [2.05, 4.69) is 25.8 Å². The number of aromatic carboxylic acids is 1. The summed E-state index contributed by atoms with van der Waals surface area (Å²) in [6.07, 6.45) is 3.93. The Morgan fingerprint density at radius 1 is 1.30 bits per heavy atom. The smallest absolute Gasteiger partial charge is 0.341 e. The maximum atomic E-state index is 12.5. The van der Waals surface area contributed by atoms with E-state index in [1.54, 1.807) is 17.5 Å². The molecule has 1 atom stereocenters. The molecule has 152 valence electrons. The lowest BCUT2D eigenvalue weighted by molar-refractivity contribution is 0.0693. The highest BCUT2D eigenvalue weighted by molar-refractivity contribution is 7.13. The Labute approximate surface area is 176 Å². The normalized spacial score (nSPS) is 15.8. The molecule has 5 rings (SSSR count). The fourth-order valence-electron chi connectivity index (χ4n) is 4.22. The second-order valence-electron chi connectivity index (χ2n) is 8.69. The van der Waals surface area contributed by atoms with E-state index in [0.29, 0.717) is 17.9 Å². The third-order valence-corrected chi connectivity index (χ3v) is 6.57. The summed E-state index contributed by atoms with van der Waals surface area (Å²) >= 11 is 1.56. The number of carbonyl (C=O) groups is 1. The molecule has 0 unspecified atom stereocenters. The highest BCUT2D eigenvalue weighted by Crippen LogP contribution is 2.46. The van der Waals surface area contributed by atoms with Gasteiger partial charge in [0.2, 0.25) is 0 Å². The van der Waals surface area contributed by atoms with Gasteiger partial charge in [0, 0.05) is 46.4 Å². The van der Waals surface area contributed by atoms with Crippen LogP contribution < -0.4 is 5.43 Å². The van der Waals surface area contributed by atoms with Crippen LogP contribution in [-0.2, 0) is 6.42 Å². The van der Waals surface area contributed by atoms with Gasteiger partial charge in [0.05, 0.1) is 5.69 Å². The van der Waals surface area contributed by atoms with Crippen LogP contribution in [-0.4, -0.2) is 20.6 Å². The van der Waals surface area contributed by atoms with Gasteiger partial charge in [-0.1, -0.05) is 32.9 Å². The van der Waals surface area contributed by atoms with Gasteiger partial charge in [0.15, 0.2) is 11.2 Å². The maximum Gasteiger partial charge on any atom is 0.341 e. The van der Waals surface area contributed by atoms with E-state index in [4.69, 9.17) is 4.42 Å². The summed E-state index contributed by atoms with van der Waals surface area (Å²) in [5, 5.41) is 13.3. The Balaban J connectivity index is 1.77. The van der Waals surface area contributed by atoms with Gasteiger partial charge in [-0.2, -0.15) is 0 Å². The third kappa shape index (κ3) is 2.81. The summed E-state index contributed by atoms with van der Waals surface area (Å²) < 4.78 is 8.14. The Hall–Kier alpha value is -3.19. The second kappa shape index (κ2) is 6.40. The molecule has 7 heteroatoms. The van der Waals surface area contributed by atoms with E-state index in [0.717, 1.165) is 27.1 Å². The molecule has 0 saturated heterocycles. The van der Waals surface area contributed by atoms with E-state index < -0.39 is 11.4 Å². The molecule has 0 amide bonds. The average Bonchev–Trinajstić information content (AvgIpc) is 3.33. The zero-order valence-electron chi connectivity index (χ0n) is 16.8. The summed E-state index contributed by atoms with van der Waals surface area (Å²) in [5.74, 6) is -0.581. The van der Waals surface area contributed by atoms with Crippen molar-refractivity contribution in [2.24, 2.45) is 5.41 Å². The van der Waals surface area contributed by atoms with Gasteiger partial charge >= 0.3 is 5.97 Å². The molecule has 0 aliphatic carbocycles. The number of carboxylic acids is 1. The molecule has 1 aromatic carbocycles. The second-order valence-corrected chi connectivity index (χ2v) is 9.59. The monoisotopic (exact) mass is 420 g/mol. The first-order valence-corrected chi connectivity index (χ1v) is 10.6. The molecule has 1 aliphatic rings. The van der Waals surface area contributed by atoms with Crippen LogP contribution in [0.3, 0.4) is 0 Å². The Bertz CT molecular complexity index is 1360. The molecule has 4 aromatic rings. The minimum Gasteiger partial charge on any atom is -0.477 e. The van der Waals surface area contributed by atoms with Crippen LogP contribution in [0.5, 0.6) is 0 Å². The molecule has 6 nitrogen and oxygen atoms in total. The molecule has 0 fully saturated rings. The van der Waals surface area contributed by atoms with Gasteiger partial charge in [-0.15, -0.1) is 11.3 Å². The summed E-state index contributed by atoms with van der Waals surface area (Å²) in [6.45, 7) is 6.36. The van der Waals surface area contributed by atoms with Gasteiger partial charge in [0.1, 0.15) is 16.2 Å². The van der Waals surface area contributed by atoms with Crippen LogP contribution in [0.15, 0.2) is 51.3 Å². The topological polar surface area (TPSA) is 85.3 Å². The Morgan fingerprint density at radius 2 is 2.10 bits per heavy atom. The van der Waals surface area contributed by atoms with Crippen LogP contribution in [0, 0.1) is 5.41 Å². The molecule has 1 N–H and O–H groups in total. The summed E-state index contributed by atoms with van der Waals surface area (Å²) in [4.78, 5) is 28.4. The standard InChI is InChI=1S/C23H20N2O4S/c1-23(2,3)19-9-14-13-5-4-12(21-24-6-7-30-21)8-18(13)29-20(14)16-10-17(26)15(22(27)28)11-25(16)19/h4-8,10-11,19H,9H2,1-3H3,(H,27,28)/t19-/m0/s1. The predicted molar refractivity (Wildman–Crippen MR) is 116 cm³/mol. The number of pyridine rings is 1. The van der Waals surface area contributed by atoms with Crippen molar-refractivity contribution in [1.82, 2.24) is 9.55 Å². The third-order valence-electron chi connectivity index (χ3n) is 5.75. The number of fused-ring (bicyclic) bond motifs is 5. The highest BCUT2D eigenvalue weighted by atomic mass is 32.1. The van der Waals surface area contributed by atoms with E-state index in [1.807, 2.05) is 28.1 Å². The lowest BCUT2D eigenvalue weighted by atomic mass is 9.80. The molecule has 4 heterocycles. The van der Waals surface area contributed by atoms with Crippen LogP contribution in [0.2, 0.25) is 0 Å².